The second-order valence-electron chi connectivity index (χ2n) is 6.41. The Morgan fingerprint density at radius 3 is 2.48 bits per heavy atom. The molecule has 126 valence electrons. The average Bonchev–Trinajstić information content (AvgIpc) is 3.32. The monoisotopic (exact) mass is 337 g/mol. The molecule has 1 aromatic carbocycles. The molecule has 0 bridgehead atoms. The van der Waals surface area contributed by atoms with E-state index in [2.05, 4.69) is 5.32 Å². The second kappa shape index (κ2) is 6.22. The molecule has 1 amide bonds. The minimum Gasteiger partial charge on any atom is -0.350 e. The highest BCUT2D eigenvalue weighted by Crippen LogP contribution is 2.32. The molecular weight excluding hydrogens is 314 g/mol. The van der Waals surface area contributed by atoms with Gasteiger partial charge in [0.25, 0.3) is 0 Å². The van der Waals surface area contributed by atoms with Gasteiger partial charge >= 0.3 is 0 Å². The Balaban J connectivity index is 1.78. The summed E-state index contributed by atoms with van der Waals surface area (Å²) in [4.78, 5) is 12.2. The van der Waals surface area contributed by atoms with E-state index >= 15 is 0 Å². The molecule has 2 fully saturated rings. The number of carbonyl (C=O) groups is 1. The van der Waals surface area contributed by atoms with Crippen LogP contribution in [0.3, 0.4) is 0 Å². The molecule has 0 unspecified atom stereocenters. The van der Waals surface area contributed by atoms with Crippen LogP contribution in [0.1, 0.15) is 37.7 Å². The van der Waals surface area contributed by atoms with Gasteiger partial charge in [-0.1, -0.05) is 24.6 Å². The van der Waals surface area contributed by atoms with Gasteiger partial charge in [0.1, 0.15) is 0 Å². The number of hydrogen-bond acceptors (Lipinski definition) is 4. The highest BCUT2D eigenvalue weighted by Gasteiger charge is 2.45. The number of nitrogens with two attached hydrogens (primary N) is 1. The summed E-state index contributed by atoms with van der Waals surface area (Å²) in [5.41, 5.74) is 5.71. The molecule has 6 nitrogen and oxygen atoms in total. The summed E-state index contributed by atoms with van der Waals surface area (Å²) < 4.78 is 27.2. The fourth-order valence-electron chi connectivity index (χ4n) is 2.86. The first-order chi connectivity index (χ1) is 10.9. The van der Waals surface area contributed by atoms with Gasteiger partial charge in [-0.15, -0.1) is 0 Å². The van der Waals surface area contributed by atoms with Crippen molar-refractivity contribution in [3.8, 4) is 0 Å². The molecule has 0 spiro atoms. The predicted molar refractivity (Wildman–Crippen MR) is 87.1 cm³/mol. The van der Waals surface area contributed by atoms with Crippen LogP contribution in [0, 0.1) is 0 Å². The van der Waals surface area contributed by atoms with Crippen LogP contribution < -0.4 is 11.1 Å². The van der Waals surface area contributed by atoms with E-state index in [0.717, 1.165) is 19.3 Å². The number of carbonyl (C=O) groups excluding carboxylic acids is 1. The second-order valence-corrected chi connectivity index (χ2v) is 8.32. The first kappa shape index (κ1) is 16.4. The van der Waals surface area contributed by atoms with Crippen LogP contribution in [0.4, 0.5) is 0 Å². The average molecular weight is 337 g/mol. The summed E-state index contributed by atoms with van der Waals surface area (Å²) in [5.74, 6) is -0.206. The number of nitrogens with zero attached hydrogens (tertiary/aromatic N) is 1. The Hall–Kier alpha value is -1.44. The predicted octanol–water partition coefficient (Wildman–Crippen LogP) is 0.969. The molecular formula is C16H23N3O3S. The standard InChI is InChI=1S/C16H23N3O3S/c17-16(8-9-16)15(20)18-12-13-6-2-3-7-14(13)23(21,22)19-10-4-1-5-11-19/h2-3,6-7H,1,4-5,8-12,17H2,(H,18,20). The molecule has 23 heavy (non-hydrogen) atoms. The largest absolute Gasteiger partial charge is 0.350 e. The van der Waals surface area contributed by atoms with E-state index in [1.807, 2.05) is 0 Å². The molecule has 1 saturated carbocycles. The van der Waals surface area contributed by atoms with Crippen molar-refractivity contribution in [1.82, 2.24) is 9.62 Å². The molecule has 1 aliphatic heterocycles. The van der Waals surface area contributed by atoms with E-state index in [1.54, 1.807) is 28.6 Å². The highest BCUT2D eigenvalue weighted by molar-refractivity contribution is 7.89. The number of sulfonamides is 1. The van der Waals surface area contributed by atoms with Crippen molar-refractivity contribution in [3.63, 3.8) is 0 Å². The fraction of sp³-hybridized carbons (Fsp3) is 0.562. The molecule has 7 heteroatoms. The van der Waals surface area contributed by atoms with Crippen molar-refractivity contribution >= 4 is 15.9 Å². The zero-order valence-corrected chi connectivity index (χ0v) is 13.9. The molecule has 1 saturated heterocycles. The summed E-state index contributed by atoms with van der Waals surface area (Å²) >= 11 is 0. The van der Waals surface area contributed by atoms with Crippen molar-refractivity contribution in [2.24, 2.45) is 5.73 Å². The molecule has 1 aliphatic carbocycles. The zero-order chi connectivity index (χ0) is 16.5. The first-order valence-corrected chi connectivity index (χ1v) is 9.53. The molecule has 0 aromatic heterocycles. The van der Waals surface area contributed by atoms with E-state index in [1.165, 1.54) is 0 Å². The van der Waals surface area contributed by atoms with Crippen LogP contribution in [-0.2, 0) is 21.4 Å². The Labute approximate surface area is 137 Å². The lowest BCUT2D eigenvalue weighted by atomic mass is 10.2. The van der Waals surface area contributed by atoms with E-state index in [0.29, 0.717) is 31.5 Å². The molecule has 2 aliphatic rings. The third kappa shape index (κ3) is 3.41. The van der Waals surface area contributed by atoms with E-state index in [9.17, 15) is 13.2 Å². The third-order valence-electron chi connectivity index (χ3n) is 4.59. The number of amides is 1. The topological polar surface area (TPSA) is 92.5 Å². The van der Waals surface area contributed by atoms with Gasteiger partial charge < -0.3 is 11.1 Å². The molecule has 1 heterocycles. The maximum Gasteiger partial charge on any atom is 0.243 e. The van der Waals surface area contributed by atoms with Crippen LogP contribution in [0.5, 0.6) is 0 Å². The van der Waals surface area contributed by atoms with Gasteiger partial charge in [-0.05, 0) is 37.3 Å². The minimum absolute atomic E-state index is 0.182. The van der Waals surface area contributed by atoms with Crippen molar-refractivity contribution in [3.05, 3.63) is 29.8 Å². The maximum atomic E-state index is 12.9. The van der Waals surface area contributed by atoms with Crippen LogP contribution >= 0.6 is 0 Å². The van der Waals surface area contributed by atoms with Gasteiger partial charge in [-0.3, -0.25) is 4.79 Å². The number of nitrogens with one attached hydrogen (secondary N) is 1. The molecule has 0 atom stereocenters. The normalized spacial score (nSPS) is 20.9. The summed E-state index contributed by atoms with van der Waals surface area (Å²) in [6.45, 7) is 1.31. The molecule has 1 aromatic rings. The Kier molecular flexibility index (Phi) is 4.44. The highest BCUT2D eigenvalue weighted by atomic mass is 32.2. The number of hydrogen-bond donors (Lipinski definition) is 2. The quantitative estimate of drug-likeness (QED) is 0.837. The summed E-state index contributed by atoms with van der Waals surface area (Å²) in [6.07, 6.45) is 4.24. The zero-order valence-electron chi connectivity index (χ0n) is 13.1. The lowest BCUT2D eigenvalue weighted by Gasteiger charge is -2.27. The minimum atomic E-state index is -3.51. The van der Waals surface area contributed by atoms with Gasteiger partial charge in [0.05, 0.1) is 10.4 Å². The van der Waals surface area contributed by atoms with Crippen LogP contribution in [0.15, 0.2) is 29.2 Å². The van der Waals surface area contributed by atoms with Crippen molar-refractivity contribution in [2.75, 3.05) is 13.1 Å². The first-order valence-electron chi connectivity index (χ1n) is 8.09. The van der Waals surface area contributed by atoms with Crippen molar-refractivity contribution in [1.29, 1.82) is 0 Å². The van der Waals surface area contributed by atoms with Crippen molar-refractivity contribution in [2.45, 2.75) is 49.1 Å². The number of piperidine rings is 1. The Morgan fingerprint density at radius 1 is 1.17 bits per heavy atom. The summed E-state index contributed by atoms with van der Waals surface area (Å²) in [7, 11) is -3.51. The Bertz CT molecular complexity index is 692. The third-order valence-corrected chi connectivity index (χ3v) is 6.58. The maximum absolute atomic E-state index is 12.9. The number of benzene rings is 1. The number of rotatable bonds is 5. The van der Waals surface area contributed by atoms with Gasteiger partial charge in [-0.2, -0.15) is 4.31 Å². The molecule has 0 radical (unpaired) electrons. The van der Waals surface area contributed by atoms with Gasteiger partial charge in [0, 0.05) is 19.6 Å². The summed E-state index contributed by atoms with van der Waals surface area (Å²) in [6, 6.07) is 6.85. The van der Waals surface area contributed by atoms with Gasteiger partial charge in [-0.25, -0.2) is 8.42 Å². The van der Waals surface area contributed by atoms with Crippen molar-refractivity contribution < 1.29 is 13.2 Å². The Morgan fingerprint density at radius 2 is 1.83 bits per heavy atom. The van der Waals surface area contributed by atoms with Gasteiger partial charge in [0.15, 0.2) is 0 Å². The van der Waals surface area contributed by atoms with E-state index in [-0.39, 0.29) is 17.3 Å². The SMILES string of the molecule is NC1(C(=O)NCc2ccccc2S(=O)(=O)N2CCCCC2)CC1. The molecule has 3 N–H and O–H groups in total. The van der Waals surface area contributed by atoms with Crippen LogP contribution in [-0.4, -0.2) is 37.3 Å². The smallest absolute Gasteiger partial charge is 0.243 e. The lowest BCUT2D eigenvalue weighted by molar-refractivity contribution is -0.123. The van der Waals surface area contributed by atoms with Crippen LogP contribution in [0.2, 0.25) is 0 Å². The van der Waals surface area contributed by atoms with E-state index < -0.39 is 15.6 Å². The van der Waals surface area contributed by atoms with E-state index in [4.69, 9.17) is 5.73 Å². The molecule has 3 rings (SSSR count). The fourth-order valence-corrected chi connectivity index (χ4v) is 4.60. The summed E-state index contributed by atoms with van der Waals surface area (Å²) in [5, 5.41) is 2.77. The van der Waals surface area contributed by atoms with Gasteiger partial charge in [0.2, 0.25) is 15.9 Å². The van der Waals surface area contributed by atoms with Crippen LogP contribution in [0.25, 0.3) is 0 Å². The lowest BCUT2D eigenvalue weighted by Crippen LogP contribution is -2.42.